The van der Waals surface area contributed by atoms with Crippen molar-refractivity contribution in [1.29, 1.82) is 0 Å². The number of benzene rings is 3. The second-order valence-electron chi connectivity index (χ2n) is 7.50. The Hall–Kier alpha value is -3.31. The van der Waals surface area contributed by atoms with Crippen molar-refractivity contribution in [2.45, 2.75) is 19.5 Å². The summed E-state index contributed by atoms with van der Waals surface area (Å²) in [6.45, 7) is 5.97. The Morgan fingerprint density at radius 1 is 1.03 bits per heavy atom. The molecule has 0 fully saturated rings. The second-order valence-corrected chi connectivity index (χ2v) is 7.94. The first-order chi connectivity index (χ1) is 15.7. The summed E-state index contributed by atoms with van der Waals surface area (Å²) < 4.78 is 38.8. The van der Waals surface area contributed by atoms with Gasteiger partial charge in [0.15, 0.2) is 0 Å². The summed E-state index contributed by atoms with van der Waals surface area (Å²) >= 11 is 6.04. The molecule has 3 aromatic carbocycles. The van der Waals surface area contributed by atoms with Gasteiger partial charge < -0.3 is 4.90 Å². The zero-order chi connectivity index (χ0) is 24.0. The largest absolute Gasteiger partial charge is 0.416 e. The lowest BCUT2D eigenvalue weighted by Crippen LogP contribution is -2.10. The van der Waals surface area contributed by atoms with Crippen molar-refractivity contribution >= 4 is 34.8 Å². The molecule has 0 radical (unpaired) electrons. The van der Waals surface area contributed by atoms with Gasteiger partial charge in [-0.15, -0.1) is 0 Å². The number of allylic oxidation sites excluding steroid dienone is 2. The van der Waals surface area contributed by atoms with Crippen LogP contribution in [0.3, 0.4) is 0 Å². The van der Waals surface area contributed by atoms with E-state index in [-0.39, 0.29) is 0 Å². The van der Waals surface area contributed by atoms with Crippen LogP contribution in [0, 0.1) is 6.92 Å². The first kappa shape index (κ1) is 24.3. The van der Waals surface area contributed by atoms with E-state index in [4.69, 9.17) is 11.6 Å². The molecule has 170 valence electrons. The van der Waals surface area contributed by atoms with E-state index in [1.807, 2.05) is 60.4 Å². The predicted octanol–water partition coefficient (Wildman–Crippen LogP) is 8.28. The highest BCUT2D eigenvalue weighted by Crippen LogP contribution is 2.34. The molecule has 0 N–H and O–H groups in total. The topological polar surface area (TPSA) is 15.6 Å². The number of anilines is 2. The number of alkyl halides is 3. The fraction of sp³-hybridized carbons (Fsp3) is 0.148. The summed E-state index contributed by atoms with van der Waals surface area (Å²) in [5.74, 6) is 0. The summed E-state index contributed by atoms with van der Waals surface area (Å²) in [5, 5.41) is 0.647. The van der Waals surface area contributed by atoms with Gasteiger partial charge in [0.1, 0.15) is 0 Å². The zero-order valence-corrected chi connectivity index (χ0v) is 19.2. The van der Waals surface area contributed by atoms with Crippen LogP contribution in [0.15, 0.2) is 90.6 Å². The Bertz CT molecular complexity index is 1160. The average molecular weight is 469 g/mol. The van der Waals surface area contributed by atoms with Crippen molar-refractivity contribution in [2.24, 2.45) is 4.99 Å². The molecule has 33 heavy (non-hydrogen) atoms. The van der Waals surface area contributed by atoms with Gasteiger partial charge in [-0.1, -0.05) is 42.4 Å². The smallest absolute Gasteiger partial charge is 0.317 e. The van der Waals surface area contributed by atoms with E-state index in [1.54, 1.807) is 19.5 Å². The van der Waals surface area contributed by atoms with E-state index in [0.29, 0.717) is 11.4 Å². The van der Waals surface area contributed by atoms with Gasteiger partial charge in [0.25, 0.3) is 0 Å². The summed E-state index contributed by atoms with van der Waals surface area (Å²) in [4.78, 5) is 6.02. The van der Waals surface area contributed by atoms with Crippen molar-refractivity contribution in [3.8, 4) is 0 Å². The summed E-state index contributed by atoms with van der Waals surface area (Å²) in [7, 11) is 1.67. The molecular weight excluding hydrogens is 445 g/mol. The van der Waals surface area contributed by atoms with Crippen LogP contribution in [0.1, 0.15) is 22.3 Å². The normalized spacial score (nSPS) is 12.2. The monoisotopic (exact) mass is 468 g/mol. The maximum atomic E-state index is 12.9. The quantitative estimate of drug-likeness (QED) is 0.318. The third kappa shape index (κ3) is 6.14. The number of nitrogens with zero attached hydrogens (tertiary/aromatic N) is 2. The van der Waals surface area contributed by atoms with E-state index in [0.717, 1.165) is 45.8 Å². The SMILES string of the molecule is C=CN(c1ccc(Cl)cc1)c1cc(/C(=C/C=NC)Cc2ccc(C(F)(F)F)cc2)ccc1C. The van der Waals surface area contributed by atoms with Gasteiger partial charge in [-0.3, -0.25) is 4.99 Å². The number of aryl methyl sites for hydroxylation is 1. The standard InChI is InChI=1S/C27H24ClF3N2/c1-4-33(25-13-11-24(28)12-14-25)26-18-21(8-5-19(26)2)22(15-16-32-3)17-20-6-9-23(10-7-20)27(29,30)31/h4-16,18H,1,17H2,2-3H3/b22-15+,32-16?. The third-order valence-electron chi connectivity index (χ3n) is 5.23. The van der Waals surface area contributed by atoms with Crippen molar-refractivity contribution in [1.82, 2.24) is 0 Å². The maximum Gasteiger partial charge on any atom is 0.416 e. The molecule has 0 saturated heterocycles. The second kappa shape index (κ2) is 10.5. The summed E-state index contributed by atoms with van der Waals surface area (Å²) in [5.41, 5.74) is 4.90. The Kier molecular flexibility index (Phi) is 7.77. The lowest BCUT2D eigenvalue weighted by molar-refractivity contribution is -0.137. The van der Waals surface area contributed by atoms with Crippen LogP contribution in [0.25, 0.3) is 5.57 Å². The van der Waals surface area contributed by atoms with Crippen LogP contribution in [0.5, 0.6) is 0 Å². The fourth-order valence-corrected chi connectivity index (χ4v) is 3.59. The van der Waals surface area contributed by atoms with E-state index in [9.17, 15) is 13.2 Å². The molecule has 0 bridgehead atoms. The molecule has 0 aliphatic carbocycles. The molecule has 0 saturated carbocycles. The molecule has 0 aliphatic heterocycles. The molecule has 6 heteroatoms. The Morgan fingerprint density at radius 3 is 2.27 bits per heavy atom. The van der Waals surface area contributed by atoms with Gasteiger partial charge in [0.05, 0.1) is 5.56 Å². The molecule has 0 heterocycles. The first-order valence-electron chi connectivity index (χ1n) is 10.3. The predicted molar refractivity (Wildman–Crippen MR) is 133 cm³/mol. The van der Waals surface area contributed by atoms with Gasteiger partial charge in [0.2, 0.25) is 0 Å². The Morgan fingerprint density at radius 2 is 1.70 bits per heavy atom. The summed E-state index contributed by atoms with van der Waals surface area (Å²) in [6, 6.07) is 18.8. The Balaban J connectivity index is 1.98. The molecule has 0 aromatic heterocycles. The van der Waals surface area contributed by atoms with Crippen LogP contribution >= 0.6 is 11.6 Å². The van der Waals surface area contributed by atoms with Crippen LogP contribution in [-0.4, -0.2) is 13.3 Å². The lowest BCUT2D eigenvalue weighted by Gasteiger charge is -2.24. The molecule has 0 aliphatic rings. The van der Waals surface area contributed by atoms with Gasteiger partial charge in [0, 0.05) is 35.9 Å². The highest BCUT2D eigenvalue weighted by molar-refractivity contribution is 6.30. The minimum absolute atomic E-state index is 0.460. The summed E-state index contributed by atoms with van der Waals surface area (Å²) in [6.07, 6.45) is 1.41. The maximum absolute atomic E-state index is 12.9. The van der Waals surface area contributed by atoms with E-state index in [2.05, 4.69) is 11.6 Å². The van der Waals surface area contributed by atoms with E-state index >= 15 is 0 Å². The molecule has 0 amide bonds. The number of hydrogen-bond donors (Lipinski definition) is 0. The zero-order valence-electron chi connectivity index (χ0n) is 18.4. The minimum atomic E-state index is -4.35. The van der Waals surface area contributed by atoms with Crippen molar-refractivity contribution < 1.29 is 13.2 Å². The molecule has 3 rings (SSSR count). The molecule has 0 spiro atoms. The molecule has 0 unspecified atom stereocenters. The minimum Gasteiger partial charge on any atom is -0.317 e. The van der Waals surface area contributed by atoms with E-state index < -0.39 is 11.7 Å². The first-order valence-corrected chi connectivity index (χ1v) is 10.7. The Labute approximate surface area is 197 Å². The van der Waals surface area contributed by atoms with Gasteiger partial charge in [-0.05, 0) is 84.1 Å². The number of halogens is 4. The highest BCUT2D eigenvalue weighted by atomic mass is 35.5. The van der Waals surface area contributed by atoms with Crippen LogP contribution < -0.4 is 4.90 Å². The van der Waals surface area contributed by atoms with E-state index in [1.165, 1.54) is 12.1 Å². The van der Waals surface area contributed by atoms with Crippen molar-refractivity contribution in [3.05, 3.63) is 113 Å². The number of rotatable bonds is 7. The van der Waals surface area contributed by atoms with Gasteiger partial charge in [-0.25, -0.2) is 0 Å². The molecular formula is C27H24ClF3N2. The number of hydrogen-bond acceptors (Lipinski definition) is 2. The van der Waals surface area contributed by atoms with Crippen LogP contribution in [0.4, 0.5) is 24.5 Å². The van der Waals surface area contributed by atoms with Crippen LogP contribution in [0.2, 0.25) is 5.02 Å². The molecule has 2 nitrogen and oxygen atoms in total. The van der Waals surface area contributed by atoms with Gasteiger partial charge in [-0.2, -0.15) is 13.2 Å². The molecule has 0 atom stereocenters. The third-order valence-corrected chi connectivity index (χ3v) is 5.48. The van der Waals surface area contributed by atoms with Crippen molar-refractivity contribution in [2.75, 3.05) is 11.9 Å². The van der Waals surface area contributed by atoms with Gasteiger partial charge >= 0.3 is 6.18 Å². The van der Waals surface area contributed by atoms with Crippen molar-refractivity contribution in [3.63, 3.8) is 0 Å². The average Bonchev–Trinajstić information content (AvgIpc) is 2.79. The number of aliphatic imine (C=N–C) groups is 1. The molecule has 3 aromatic rings. The highest BCUT2D eigenvalue weighted by Gasteiger charge is 2.29. The lowest BCUT2D eigenvalue weighted by atomic mass is 9.95. The fourth-order valence-electron chi connectivity index (χ4n) is 3.47. The van der Waals surface area contributed by atoms with Crippen LogP contribution in [-0.2, 0) is 12.6 Å².